The molecule has 0 bridgehead atoms. The van der Waals surface area contributed by atoms with Gasteiger partial charge in [0.15, 0.2) is 0 Å². The minimum Gasteiger partial charge on any atom is -0.480 e. The van der Waals surface area contributed by atoms with Crippen molar-refractivity contribution in [2.75, 3.05) is 5.32 Å². The molecule has 1 aromatic carbocycles. The molecule has 0 unspecified atom stereocenters. The number of hydrogen-bond acceptors (Lipinski definition) is 2. The van der Waals surface area contributed by atoms with E-state index in [0.717, 1.165) is 6.07 Å². The maximum absolute atomic E-state index is 13.4. The summed E-state index contributed by atoms with van der Waals surface area (Å²) >= 11 is 5.67. The van der Waals surface area contributed by atoms with Gasteiger partial charge in [-0.05, 0) is 24.6 Å². The van der Waals surface area contributed by atoms with Gasteiger partial charge in [0.25, 0.3) is 0 Å². The third kappa shape index (κ3) is 4.75. The minimum absolute atomic E-state index is 0.106. The van der Waals surface area contributed by atoms with Gasteiger partial charge in [0.05, 0.1) is 5.69 Å². The van der Waals surface area contributed by atoms with Crippen LogP contribution in [-0.2, 0) is 4.79 Å². The van der Waals surface area contributed by atoms with Crippen LogP contribution in [0.25, 0.3) is 0 Å². The first-order chi connectivity index (χ1) is 8.93. The fraction of sp³-hybridized carbons (Fsp3) is 0.333. The summed E-state index contributed by atoms with van der Waals surface area (Å²) in [6.07, 6.45) is 0.892. The molecule has 0 heterocycles. The molecule has 104 valence electrons. The second kappa shape index (κ2) is 6.94. The van der Waals surface area contributed by atoms with Crippen molar-refractivity contribution in [3.8, 4) is 0 Å². The van der Waals surface area contributed by atoms with Gasteiger partial charge in [0, 0.05) is 5.02 Å². The highest BCUT2D eigenvalue weighted by Gasteiger charge is 2.19. The number of aliphatic carboxylic acids is 1. The molecule has 1 aromatic rings. The van der Waals surface area contributed by atoms with Gasteiger partial charge >= 0.3 is 12.0 Å². The first kappa shape index (κ1) is 15.2. The second-order valence-corrected chi connectivity index (χ2v) is 4.34. The minimum atomic E-state index is -1.14. The van der Waals surface area contributed by atoms with E-state index < -0.39 is 23.9 Å². The van der Waals surface area contributed by atoms with Crippen molar-refractivity contribution >= 4 is 29.3 Å². The van der Waals surface area contributed by atoms with E-state index in [1.807, 2.05) is 0 Å². The predicted molar refractivity (Wildman–Crippen MR) is 69.9 cm³/mol. The van der Waals surface area contributed by atoms with Crippen molar-refractivity contribution < 1.29 is 19.1 Å². The van der Waals surface area contributed by atoms with E-state index in [2.05, 4.69) is 10.6 Å². The molecule has 0 fully saturated rings. The van der Waals surface area contributed by atoms with Gasteiger partial charge < -0.3 is 15.7 Å². The molecule has 0 aliphatic rings. The highest BCUT2D eigenvalue weighted by Crippen LogP contribution is 2.19. The van der Waals surface area contributed by atoms with Crippen molar-refractivity contribution in [1.29, 1.82) is 0 Å². The molecule has 2 amide bonds. The quantitative estimate of drug-likeness (QED) is 0.779. The zero-order valence-electron chi connectivity index (χ0n) is 10.2. The number of anilines is 1. The number of amides is 2. The van der Waals surface area contributed by atoms with E-state index >= 15 is 0 Å². The zero-order chi connectivity index (χ0) is 14.4. The topological polar surface area (TPSA) is 78.4 Å². The third-order valence-electron chi connectivity index (χ3n) is 2.36. The Bertz CT molecular complexity index is 482. The van der Waals surface area contributed by atoms with Gasteiger partial charge in [-0.3, -0.25) is 0 Å². The van der Waals surface area contributed by atoms with Crippen LogP contribution in [0.2, 0.25) is 5.02 Å². The van der Waals surface area contributed by atoms with Crippen LogP contribution in [0.5, 0.6) is 0 Å². The van der Waals surface area contributed by atoms with E-state index in [4.69, 9.17) is 16.7 Å². The van der Waals surface area contributed by atoms with Crippen molar-refractivity contribution in [1.82, 2.24) is 5.32 Å². The lowest BCUT2D eigenvalue weighted by Gasteiger charge is -2.14. The van der Waals surface area contributed by atoms with Gasteiger partial charge in [-0.25, -0.2) is 14.0 Å². The molecule has 3 N–H and O–H groups in total. The van der Waals surface area contributed by atoms with Crippen molar-refractivity contribution in [2.24, 2.45) is 0 Å². The Kier molecular flexibility index (Phi) is 5.57. The third-order valence-corrected chi connectivity index (χ3v) is 2.59. The number of carboxylic acid groups (broad SMARTS) is 1. The van der Waals surface area contributed by atoms with Crippen LogP contribution in [-0.4, -0.2) is 23.1 Å². The lowest BCUT2D eigenvalue weighted by molar-refractivity contribution is -0.139. The predicted octanol–water partition coefficient (Wildman–Crippen LogP) is 2.85. The maximum atomic E-state index is 13.4. The van der Waals surface area contributed by atoms with Gasteiger partial charge in [0.1, 0.15) is 11.9 Å². The summed E-state index contributed by atoms with van der Waals surface area (Å²) in [5.41, 5.74) is -0.106. The number of hydrogen-bond donors (Lipinski definition) is 3. The molecule has 19 heavy (non-hydrogen) atoms. The molecule has 0 aromatic heterocycles. The monoisotopic (exact) mass is 288 g/mol. The molecule has 1 atom stereocenters. The number of carboxylic acids is 1. The number of carbonyl (C=O) groups excluding carboxylic acids is 1. The number of benzene rings is 1. The second-order valence-electron chi connectivity index (χ2n) is 3.90. The summed E-state index contributed by atoms with van der Waals surface area (Å²) in [6, 6.07) is 1.90. The normalized spacial score (nSPS) is 11.7. The Morgan fingerprint density at radius 2 is 2.16 bits per heavy atom. The van der Waals surface area contributed by atoms with Crippen LogP contribution < -0.4 is 10.6 Å². The fourth-order valence-corrected chi connectivity index (χ4v) is 1.63. The van der Waals surface area contributed by atoms with Gasteiger partial charge in [0.2, 0.25) is 0 Å². The molecule has 5 nitrogen and oxygen atoms in total. The highest BCUT2D eigenvalue weighted by molar-refractivity contribution is 6.30. The number of urea groups is 1. The number of rotatable bonds is 5. The van der Waals surface area contributed by atoms with Crippen LogP contribution in [0.1, 0.15) is 19.8 Å². The molecule has 1 rings (SSSR count). The van der Waals surface area contributed by atoms with Crippen LogP contribution in [0.4, 0.5) is 14.9 Å². The van der Waals surface area contributed by atoms with Crippen molar-refractivity contribution in [3.05, 3.63) is 29.0 Å². The van der Waals surface area contributed by atoms with E-state index in [9.17, 15) is 14.0 Å². The SMILES string of the molecule is CCC[C@@H](NC(=O)Nc1cc(Cl)ccc1F)C(=O)O. The van der Waals surface area contributed by atoms with Crippen LogP contribution >= 0.6 is 11.6 Å². The van der Waals surface area contributed by atoms with Crippen molar-refractivity contribution in [2.45, 2.75) is 25.8 Å². The number of halogens is 2. The fourth-order valence-electron chi connectivity index (χ4n) is 1.46. The van der Waals surface area contributed by atoms with Gasteiger partial charge in [-0.15, -0.1) is 0 Å². The largest absolute Gasteiger partial charge is 0.480 e. The van der Waals surface area contributed by atoms with Gasteiger partial charge in [-0.1, -0.05) is 24.9 Å². The zero-order valence-corrected chi connectivity index (χ0v) is 11.0. The van der Waals surface area contributed by atoms with E-state index in [1.165, 1.54) is 12.1 Å². The summed E-state index contributed by atoms with van der Waals surface area (Å²) in [6.45, 7) is 1.80. The number of nitrogens with one attached hydrogen (secondary N) is 2. The first-order valence-corrected chi connectivity index (χ1v) is 6.07. The molecule has 0 aliphatic carbocycles. The Morgan fingerprint density at radius 1 is 1.47 bits per heavy atom. The molecule has 0 aliphatic heterocycles. The molecule has 7 heteroatoms. The lowest BCUT2D eigenvalue weighted by atomic mass is 10.2. The summed E-state index contributed by atoms with van der Waals surface area (Å²) < 4.78 is 13.4. The first-order valence-electron chi connectivity index (χ1n) is 5.69. The standard InChI is InChI=1S/C12H14ClFN2O3/c1-2-3-9(11(17)18)15-12(19)16-10-6-7(13)4-5-8(10)14/h4-6,9H,2-3H2,1H3,(H,17,18)(H2,15,16,19)/t9-/m1/s1. The summed E-state index contributed by atoms with van der Waals surface area (Å²) in [5, 5.41) is 13.6. The lowest BCUT2D eigenvalue weighted by Crippen LogP contribution is -2.43. The molecule has 0 spiro atoms. The van der Waals surface area contributed by atoms with Crippen molar-refractivity contribution in [3.63, 3.8) is 0 Å². The summed E-state index contributed by atoms with van der Waals surface area (Å²) in [5.74, 6) is -1.79. The Balaban J connectivity index is 2.68. The highest BCUT2D eigenvalue weighted by atomic mass is 35.5. The molecule has 0 radical (unpaired) electrons. The summed E-state index contributed by atoms with van der Waals surface area (Å²) in [7, 11) is 0. The van der Waals surface area contributed by atoms with Crippen LogP contribution in [0.15, 0.2) is 18.2 Å². The van der Waals surface area contributed by atoms with E-state index in [0.29, 0.717) is 12.8 Å². The van der Waals surface area contributed by atoms with Crippen LogP contribution in [0.3, 0.4) is 0 Å². The smallest absolute Gasteiger partial charge is 0.326 e. The van der Waals surface area contributed by atoms with Crippen LogP contribution in [0, 0.1) is 5.82 Å². The molecule has 0 saturated heterocycles. The number of carbonyl (C=O) groups is 2. The Labute approximate surface area is 114 Å². The maximum Gasteiger partial charge on any atom is 0.326 e. The van der Waals surface area contributed by atoms with E-state index in [-0.39, 0.29) is 10.7 Å². The molecular weight excluding hydrogens is 275 g/mol. The Hall–Kier alpha value is -1.82. The Morgan fingerprint density at radius 3 is 2.74 bits per heavy atom. The average molecular weight is 289 g/mol. The molecular formula is C12H14ClFN2O3. The molecule has 0 saturated carbocycles. The average Bonchev–Trinajstić information content (AvgIpc) is 2.33. The summed E-state index contributed by atoms with van der Waals surface area (Å²) in [4.78, 5) is 22.4. The van der Waals surface area contributed by atoms with E-state index in [1.54, 1.807) is 6.92 Å². The van der Waals surface area contributed by atoms with Gasteiger partial charge in [-0.2, -0.15) is 0 Å².